The van der Waals surface area contributed by atoms with Crippen molar-refractivity contribution >= 4 is 69.5 Å². The van der Waals surface area contributed by atoms with Gasteiger partial charge in [0.1, 0.15) is 0 Å². The van der Waals surface area contributed by atoms with Crippen LogP contribution in [0.5, 0.6) is 0 Å². The van der Waals surface area contributed by atoms with Crippen LogP contribution in [0.4, 0.5) is 22.7 Å². The molecule has 47 heavy (non-hydrogen) atoms. The van der Waals surface area contributed by atoms with Crippen LogP contribution >= 0.6 is 0 Å². The van der Waals surface area contributed by atoms with Crippen LogP contribution < -0.4 is 21.5 Å². The number of aliphatic hydroxyl groups is 1. The van der Waals surface area contributed by atoms with E-state index in [1.807, 2.05) is 0 Å². The number of aliphatic hydroxyl groups excluding tert-OH is 1. The van der Waals surface area contributed by atoms with E-state index in [1.54, 1.807) is 24.3 Å². The zero-order valence-electron chi connectivity index (χ0n) is 25.9. The van der Waals surface area contributed by atoms with Gasteiger partial charge in [-0.2, -0.15) is 10.2 Å². The Morgan fingerprint density at radius 1 is 0.660 bits per heavy atom. The lowest BCUT2D eigenvalue weighted by molar-refractivity contribution is -0.116. The second-order valence-corrected chi connectivity index (χ2v) is 9.66. The number of hydrogen-bond donors (Lipinski definition) is 5. The van der Waals surface area contributed by atoms with E-state index in [9.17, 15) is 28.8 Å². The molecule has 2 amide bonds. The number of Topliss-reactive ketones (excluding diaryl/α,β-unsaturated/α-hetero) is 2. The molecule has 0 heterocycles. The molecule has 3 rings (SSSR count). The maximum atomic E-state index is 12.9. The highest BCUT2D eigenvalue weighted by molar-refractivity contribution is 6.67. The van der Waals surface area contributed by atoms with Crippen LogP contribution in [0.1, 0.15) is 40.1 Å². The normalized spacial score (nSPS) is 11.2. The van der Waals surface area contributed by atoms with Gasteiger partial charge in [0.05, 0.1) is 36.7 Å². The van der Waals surface area contributed by atoms with E-state index in [1.165, 1.54) is 56.5 Å². The van der Waals surface area contributed by atoms with E-state index >= 15 is 0 Å². The number of nitrogens with one attached hydrogen (secondary N) is 4. The zero-order valence-corrected chi connectivity index (χ0v) is 25.9. The molecule has 3 aromatic carbocycles. The van der Waals surface area contributed by atoms with Gasteiger partial charge < -0.3 is 25.2 Å². The maximum absolute atomic E-state index is 12.9. The number of esters is 2. The Balaban J connectivity index is 1.71. The van der Waals surface area contributed by atoms with Crippen molar-refractivity contribution < 1.29 is 43.3 Å². The van der Waals surface area contributed by atoms with Crippen molar-refractivity contribution in [2.45, 2.75) is 20.3 Å². The van der Waals surface area contributed by atoms with Crippen molar-refractivity contribution in [3.8, 4) is 0 Å². The molecule has 0 aliphatic heterocycles. The highest BCUT2D eigenvalue weighted by Gasteiger charge is 2.21. The van der Waals surface area contributed by atoms with Crippen LogP contribution in [0.25, 0.3) is 0 Å². The predicted octanol–water partition coefficient (Wildman–Crippen LogP) is 2.79. The second kappa shape index (κ2) is 16.7. The third kappa shape index (κ3) is 9.89. The smallest absolute Gasteiger partial charge is 0.340 e. The van der Waals surface area contributed by atoms with Gasteiger partial charge in [0.25, 0.3) is 11.8 Å². The lowest BCUT2D eigenvalue weighted by Gasteiger charge is -2.11. The number of carbonyl (C=O) groups is 6. The second-order valence-electron chi connectivity index (χ2n) is 9.66. The summed E-state index contributed by atoms with van der Waals surface area (Å²) >= 11 is 0. The minimum atomic E-state index is -0.896. The van der Waals surface area contributed by atoms with Crippen LogP contribution in [-0.4, -0.2) is 72.7 Å². The summed E-state index contributed by atoms with van der Waals surface area (Å²) in [6.45, 7) is 2.31. The third-order valence-corrected chi connectivity index (χ3v) is 6.28. The molecular weight excluding hydrogens is 612 g/mol. The van der Waals surface area contributed by atoms with Gasteiger partial charge in [-0.3, -0.25) is 30.0 Å². The molecule has 0 saturated carbocycles. The van der Waals surface area contributed by atoms with E-state index in [2.05, 4.69) is 36.4 Å². The van der Waals surface area contributed by atoms with Gasteiger partial charge in [-0.25, -0.2) is 9.59 Å². The van der Waals surface area contributed by atoms with Crippen molar-refractivity contribution in [2.24, 2.45) is 10.2 Å². The number of rotatable bonds is 14. The number of amides is 2. The minimum Gasteiger partial charge on any atom is -0.465 e. The first-order valence-corrected chi connectivity index (χ1v) is 13.9. The Hall–Kier alpha value is -6.22. The molecule has 0 aromatic heterocycles. The first-order chi connectivity index (χ1) is 22.5. The SMILES string of the molecule is COC(=O)c1ccc(C(=O)OC)c(N/N=C(/C(C)=O)C(=O)Nc2ccc(NC(=O)/C(=N\Nc3ccc(CCO)cc3)C(C)=O)cc2)c1. The number of ketones is 2. The highest BCUT2D eigenvalue weighted by atomic mass is 16.5. The van der Waals surface area contributed by atoms with Crippen molar-refractivity contribution in [3.05, 3.63) is 83.4 Å². The molecular formula is C32H32N6O9. The number of ether oxygens (including phenoxy) is 2. The first kappa shape index (κ1) is 35.3. The number of methoxy groups -OCH3 is 2. The van der Waals surface area contributed by atoms with Crippen molar-refractivity contribution in [3.63, 3.8) is 0 Å². The highest BCUT2D eigenvalue weighted by Crippen LogP contribution is 2.20. The van der Waals surface area contributed by atoms with Gasteiger partial charge in [0.15, 0.2) is 23.0 Å². The van der Waals surface area contributed by atoms with Gasteiger partial charge in [-0.15, -0.1) is 0 Å². The molecule has 0 radical (unpaired) electrons. The molecule has 0 fully saturated rings. The first-order valence-electron chi connectivity index (χ1n) is 13.9. The van der Waals surface area contributed by atoms with Gasteiger partial charge >= 0.3 is 11.9 Å². The topological polar surface area (TPSA) is 214 Å². The fourth-order valence-electron chi connectivity index (χ4n) is 3.88. The number of benzene rings is 3. The van der Waals surface area contributed by atoms with E-state index in [4.69, 9.17) is 9.84 Å². The predicted molar refractivity (Wildman–Crippen MR) is 174 cm³/mol. The molecule has 0 aliphatic rings. The molecule has 0 spiro atoms. The Labute approximate surface area is 269 Å². The van der Waals surface area contributed by atoms with Crippen molar-refractivity contribution in [1.29, 1.82) is 0 Å². The minimum absolute atomic E-state index is 0.00875. The van der Waals surface area contributed by atoms with Gasteiger partial charge in [-0.1, -0.05) is 12.1 Å². The Kier molecular flexibility index (Phi) is 12.6. The number of hydrogen-bond acceptors (Lipinski definition) is 13. The summed E-state index contributed by atoms with van der Waals surface area (Å²) in [5.74, 6) is -4.43. The third-order valence-electron chi connectivity index (χ3n) is 6.28. The Morgan fingerprint density at radius 2 is 1.15 bits per heavy atom. The molecule has 3 aromatic rings. The lowest BCUT2D eigenvalue weighted by Crippen LogP contribution is -2.30. The van der Waals surface area contributed by atoms with E-state index < -0.39 is 41.0 Å². The van der Waals surface area contributed by atoms with E-state index in [-0.39, 0.29) is 40.5 Å². The van der Waals surface area contributed by atoms with Crippen LogP contribution in [0.2, 0.25) is 0 Å². The summed E-state index contributed by atoms with van der Waals surface area (Å²) in [5.41, 5.74) is 6.17. The lowest BCUT2D eigenvalue weighted by atomic mass is 10.1. The fraction of sp³-hybridized carbons (Fsp3) is 0.188. The number of hydrazone groups is 2. The average Bonchev–Trinajstić information content (AvgIpc) is 3.05. The summed E-state index contributed by atoms with van der Waals surface area (Å²) in [6.07, 6.45) is 0.490. The number of nitrogens with zero attached hydrogens (tertiary/aromatic N) is 2. The monoisotopic (exact) mass is 644 g/mol. The van der Waals surface area contributed by atoms with E-state index in [0.717, 1.165) is 19.6 Å². The number of anilines is 4. The quantitative estimate of drug-likeness (QED) is 0.0744. The summed E-state index contributed by atoms with van der Waals surface area (Å²) in [7, 11) is 2.34. The standard InChI is InChI=1S/C32H32N6O9/c1-18(40)27(37-35-24-8-5-20(6-9-24)15-16-39)29(42)33-22-10-12-23(13-11-22)34-30(43)28(19(2)41)38-36-26-17-21(31(44)46-3)7-14-25(26)32(45)47-4/h5-14,17,35-36,39H,15-16H2,1-4H3,(H,33,42)(H,34,43)/b37-27-,38-28-. The molecule has 0 bridgehead atoms. The van der Waals surface area contributed by atoms with Crippen LogP contribution in [0, 0.1) is 0 Å². The molecule has 0 unspecified atom stereocenters. The van der Waals surface area contributed by atoms with Gasteiger partial charge in [0, 0.05) is 31.8 Å². The molecule has 15 heteroatoms. The fourth-order valence-corrected chi connectivity index (χ4v) is 3.88. The number of carbonyl (C=O) groups excluding carboxylic acids is 6. The molecule has 5 N–H and O–H groups in total. The molecule has 0 aliphatic carbocycles. The summed E-state index contributed by atoms with van der Waals surface area (Å²) < 4.78 is 9.42. The van der Waals surface area contributed by atoms with Crippen LogP contribution in [-0.2, 0) is 35.1 Å². The summed E-state index contributed by atoms with van der Waals surface area (Å²) in [4.78, 5) is 74.2. The van der Waals surface area contributed by atoms with Crippen LogP contribution in [0.15, 0.2) is 76.9 Å². The molecule has 0 atom stereocenters. The van der Waals surface area contributed by atoms with Crippen molar-refractivity contribution in [2.75, 3.05) is 42.3 Å². The van der Waals surface area contributed by atoms with Gasteiger partial charge in [0.2, 0.25) is 0 Å². The van der Waals surface area contributed by atoms with Crippen LogP contribution in [0.3, 0.4) is 0 Å². The maximum Gasteiger partial charge on any atom is 0.340 e. The Bertz CT molecular complexity index is 1730. The summed E-state index contributed by atoms with van der Waals surface area (Å²) in [5, 5.41) is 21.9. The Morgan fingerprint density at radius 3 is 1.62 bits per heavy atom. The van der Waals surface area contributed by atoms with E-state index in [0.29, 0.717) is 12.1 Å². The largest absolute Gasteiger partial charge is 0.465 e. The molecule has 244 valence electrons. The average molecular weight is 645 g/mol. The van der Waals surface area contributed by atoms with Gasteiger partial charge in [-0.05, 0) is 66.6 Å². The molecule has 15 nitrogen and oxygen atoms in total. The molecule has 0 saturated heterocycles. The summed E-state index contributed by atoms with van der Waals surface area (Å²) in [6, 6.07) is 16.6. The zero-order chi connectivity index (χ0) is 34.5. The van der Waals surface area contributed by atoms with Crippen molar-refractivity contribution in [1.82, 2.24) is 0 Å².